The fourth-order valence-corrected chi connectivity index (χ4v) is 2.78. The van der Waals surface area contributed by atoms with E-state index in [2.05, 4.69) is 0 Å². The predicted molar refractivity (Wildman–Crippen MR) is 76.8 cm³/mol. The number of hydrogen-bond donors (Lipinski definition) is 2. The fraction of sp³-hybridized carbons (Fsp3) is 0.533. The highest BCUT2D eigenvalue weighted by molar-refractivity contribution is 5.96. The zero-order valence-corrected chi connectivity index (χ0v) is 12.2. The van der Waals surface area contributed by atoms with Gasteiger partial charge in [-0.2, -0.15) is 0 Å². The maximum Gasteiger partial charge on any atom is 0.254 e. The van der Waals surface area contributed by atoms with Crippen LogP contribution in [0.15, 0.2) is 18.2 Å². The van der Waals surface area contributed by atoms with E-state index in [1.807, 2.05) is 19.0 Å². The van der Waals surface area contributed by atoms with Crippen LogP contribution in [0.2, 0.25) is 0 Å². The van der Waals surface area contributed by atoms with Crippen LogP contribution in [0.4, 0.5) is 0 Å². The van der Waals surface area contributed by atoms with E-state index in [-0.39, 0.29) is 17.7 Å². The molecule has 0 spiro atoms. The first-order chi connectivity index (χ1) is 9.38. The first kappa shape index (κ1) is 14.8. The van der Waals surface area contributed by atoms with E-state index in [1.54, 1.807) is 24.0 Å². The van der Waals surface area contributed by atoms with Gasteiger partial charge in [0, 0.05) is 24.7 Å². The van der Waals surface area contributed by atoms with E-state index >= 15 is 0 Å². The van der Waals surface area contributed by atoms with Crippen LogP contribution in [0.3, 0.4) is 0 Å². The maximum atomic E-state index is 12.6. The van der Waals surface area contributed by atoms with Gasteiger partial charge >= 0.3 is 0 Å². The van der Waals surface area contributed by atoms with Crippen LogP contribution in [0.1, 0.15) is 22.3 Å². The summed E-state index contributed by atoms with van der Waals surface area (Å²) in [5, 5.41) is 19.3. The molecule has 1 saturated heterocycles. The summed E-state index contributed by atoms with van der Waals surface area (Å²) in [5.74, 6) is 0.0799. The van der Waals surface area contributed by atoms with Crippen LogP contribution in [0, 0.1) is 6.92 Å². The molecule has 1 aromatic rings. The normalized spacial score (nSPS) is 22.6. The molecule has 5 heteroatoms. The van der Waals surface area contributed by atoms with E-state index in [0.29, 0.717) is 18.5 Å². The number of phenolic OH excluding ortho intramolecular Hbond substituents is 1. The summed E-state index contributed by atoms with van der Waals surface area (Å²) >= 11 is 0. The van der Waals surface area contributed by atoms with E-state index in [4.69, 9.17) is 0 Å². The standard InChI is InChI=1S/C15H22N2O3/c1-10-6-12(18)4-5-14(10)15(20)17-9-13(19)7-11(17)8-16(2)3/h4-6,11,13,18-19H,7-9H2,1-3H3. The molecule has 0 bridgehead atoms. The minimum absolute atomic E-state index is 0.0284. The smallest absolute Gasteiger partial charge is 0.254 e. The topological polar surface area (TPSA) is 64.0 Å². The van der Waals surface area contributed by atoms with Gasteiger partial charge in [0.25, 0.3) is 5.91 Å². The molecule has 1 fully saturated rings. The van der Waals surface area contributed by atoms with Gasteiger partial charge in [-0.3, -0.25) is 4.79 Å². The van der Waals surface area contributed by atoms with Crippen molar-refractivity contribution in [2.24, 2.45) is 0 Å². The van der Waals surface area contributed by atoms with Gasteiger partial charge in [-0.1, -0.05) is 0 Å². The Balaban J connectivity index is 2.22. The Morgan fingerprint density at radius 3 is 2.75 bits per heavy atom. The summed E-state index contributed by atoms with van der Waals surface area (Å²) in [4.78, 5) is 16.4. The molecule has 110 valence electrons. The van der Waals surface area contributed by atoms with Crippen LogP contribution in [0.25, 0.3) is 0 Å². The predicted octanol–water partition coefficient (Wildman–Crippen LogP) is 0.838. The van der Waals surface area contributed by atoms with Crippen LogP contribution in [0.5, 0.6) is 5.75 Å². The summed E-state index contributed by atoms with van der Waals surface area (Å²) in [7, 11) is 3.92. The average Bonchev–Trinajstić information content (AvgIpc) is 2.68. The molecule has 2 atom stereocenters. The van der Waals surface area contributed by atoms with Crippen LogP contribution >= 0.6 is 0 Å². The fourth-order valence-electron chi connectivity index (χ4n) is 2.78. The van der Waals surface area contributed by atoms with Gasteiger partial charge in [0.2, 0.25) is 0 Å². The first-order valence-electron chi connectivity index (χ1n) is 6.82. The van der Waals surface area contributed by atoms with Crippen LogP contribution in [-0.2, 0) is 0 Å². The molecule has 1 amide bonds. The molecular formula is C15H22N2O3. The van der Waals surface area contributed by atoms with Crippen molar-refractivity contribution in [3.63, 3.8) is 0 Å². The molecule has 0 aromatic heterocycles. The summed E-state index contributed by atoms with van der Waals surface area (Å²) in [6.45, 7) is 2.91. The number of β-amino-alcohol motifs (C(OH)–C–C–N with tert-alkyl or cyclic N) is 1. The first-order valence-corrected chi connectivity index (χ1v) is 6.82. The molecule has 1 aliphatic heterocycles. The molecule has 1 aromatic carbocycles. The van der Waals surface area contributed by atoms with Crippen molar-refractivity contribution in [3.8, 4) is 5.75 Å². The molecule has 5 nitrogen and oxygen atoms in total. The maximum absolute atomic E-state index is 12.6. The number of phenols is 1. The second-order valence-electron chi connectivity index (χ2n) is 5.76. The molecule has 0 radical (unpaired) electrons. The molecule has 1 heterocycles. The van der Waals surface area contributed by atoms with Gasteiger partial charge in [0.1, 0.15) is 5.75 Å². The number of benzene rings is 1. The molecule has 2 unspecified atom stereocenters. The number of aryl methyl sites for hydroxylation is 1. The van der Waals surface area contributed by atoms with Gasteiger partial charge in [0.15, 0.2) is 0 Å². The highest BCUT2D eigenvalue weighted by atomic mass is 16.3. The summed E-state index contributed by atoms with van der Waals surface area (Å²) < 4.78 is 0. The lowest BCUT2D eigenvalue weighted by atomic mass is 10.1. The Bertz CT molecular complexity index is 502. The number of carbonyl (C=O) groups excluding carboxylic acids is 1. The zero-order valence-electron chi connectivity index (χ0n) is 12.2. The van der Waals surface area contributed by atoms with Gasteiger partial charge in [-0.15, -0.1) is 0 Å². The Morgan fingerprint density at radius 1 is 1.45 bits per heavy atom. The molecule has 20 heavy (non-hydrogen) atoms. The Hall–Kier alpha value is -1.59. The number of aromatic hydroxyl groups is 1. The molecule has 2 rings (SSSR count). The number of amides is 1. The number of aliphatic hydroxyl groups excluding tert-OH is 1. The largest absolute Gasteiger partial charge is 0.508 e. The number of rotatable bonds is 3. The van der Waals surface area contributed by atoms with Crippen LogP contribution in [-0.4, -0.2) is 65.3 Å². The van der Waals surface area contributed by atoms with Crippen molar-refractivity contribution in [2.75, 3.05) is 27.2 Å². The number of nitrogens with zero attached hydrogens (tertiary/aromatic N) is 2. The quantitative estimate of drug-likeness (QED) is 0.860. The summed E-state index contributed by atoms with van der Waals surface area (Å²) in [6.07, 6.45) is 0.155. The van der Waals surface area contributed by atoms with Gasteiger partial charge in [0.05, 0.1) is 6.10 Å². The third-order valence-electron chi connectivity index (χ3n) is 3.67. The molecule has 2 N–H and O–H groups in total. The number of likely N-dealkylation sites (tertiary alicyclic amines) is 1. The molecule has 1 aliphatic rings. The van der Waals surface area contributed by atoms with Gasteiger partial charge in [-0.25, -0.2) is 0 Å². The van der Waals surface area contributed by atoms with E-state index < -0.39 is 6.10 Å². The number of aliphatic hydroxyl groups is 1. The van der Waals surface area contributed by atoms with Gasteiger partial charge < -0.3 is 20.0 Å². The number of likely N-dealkylation sites (N-methyl/N-ethyl adjacent to an activating group) is 1. The highest BCUT2D eigenvalue weighted by Crippen LogP contribution is 2.24. The molecular weight excluding hydrogens is 256 g/mol. The lowest BCUT2D eigenvalue weighted by Gasteiger charge is -2.27. The summed E-state index contributed by atoms with van der Waals surface area (Å²) in [5.41, 5.74) is 1.33. The SMILES string of the molecule is Cc1cc(O)ccc1C(=O)N1CC(O)CC1CN(C)C. The lowest BCUT2D eigenvalue weighted by Crippen LogP contribution is -2.41. The second-order valence-corrected chi connectivity index (χ2v) is 5.76. The van der Waals surface area contributed by atoms with Crippen molar-refractivity contribution in [1.29, 1.82) is 0 Å². The molecule has 0 aliphatic carbocycles. The molecule has 0 saturated carbocycles. The minimum Gasteiger partial charge on any atom is -0.508 e. The lowest BCUT2D eigenvalue weighted by molar-refractivity contribution is 0.0698. The Kier molecular flexibility index (Phi) is 4.30. The third-order valence-corrected chi connectivity index (χ3v) is 3.67. The van der Waals surface area contributed by atoms with Crippen molar-refractivity contribution in [3.05, 3.63) is 29.3 Å². The van der Waals surface area contributed by atoms with Gasteiger partial charge in [-0.05, 0) is 51.2 Å². The highest BCUT2D eigenvalue weighted by Gasteiger charge is 2.35. The Labute approximate surface area is 119 Å². The van der Waals surface area contributed by atoms with Crippen LogP contribution < -0.4 is 0 Å². The van der Waals surface area contributed by atoms with Crippen molar-refractivity contribution in [2.45, 2.75) is 25.5 Å². The average molecular weight is 278 g/mol. The van der Waals surface area contributed by atoms with E-state index in [9.17, 15) is 15.0 Å². The summed E-state index contributed by atoms with van der Waals surface area (Å²) in [6, 6.07) is 4.78. The van der Waals surface area contributed by atoms with Crippen molar-refractivity contribution in [1.82, 2.24) is 9.80 Å². The van der Waals surface area contributed by atoms with Crippen molar-refractivity contribution < 1.29 is 15.0 Å². The van der Waals surface area contributed by atoms with E-state index in [1.165, 1.54) is 6.07 Å². The number of hydrogen-bond acceptors (Lipinski definition) is 4. The monoisotopic (exact) mass is 278 g/mol. The zero-order chi connectivity index (χ0) is 14.9. The number of carbonyl (C=O) groups is 1. The third kappa shape index (κ3) is 3.11. The van der Waals surface area contributed by atoms with E-state index in [0.717, 1.165) is 12.1 Å². The Morgan fingerprint density at radius 2 is 2.15 bits per heavy atom. The van der Waals surface area contributed by atoms with Crippen molar-refractivity contribution >= 4 is 5.91 Å². The second kappa shape index (κ2) is 5.81. The minimum atomic E-state index is -0.457.